The van der Waals surface area contributed by atoms with Crippen LogP contribution in [0.25, 0.3) is 0 Å². The van der Waals surface area contributed by atoms with E-state index in [-0.39, 0.29) is 18.4 Å². The summed E-state index contributed by atoms with van der Waals surface area (Å²) in [5.74, 6) is -2.53. The third-order valence-electron chi connectivity index (χ3n) is 2.91. The fourth-order valence-electron chi connectivity index (χ4n) is 1.77. The van der Waals surface area contributed by atoms with Gasteiger partial charge >= 0.3 is 0 Å². The van der Waals surface area contributed by atoms with Gasteiger partial charge in [-0.1, -0.05) is 0 Å². The number of carbonyl (C=O) groups excluding carboxylic acids is 2. The number of nitrogens with zero attached hydrogens (tertiary/aromatic N) is 2. The van der Waals surface area contributed by atoms with Crippen LogP contribution in [0.2, 0.25) is 0 Å². The van der Waals surface area contributed by atoms with Crippen LogP contribution in [0.1, 0.15) is 6.92 Å². The van der Waals surface area contributed by atoms with Crippen molar-refractivity contribution >= 4 is 17.5 Å². The first-order valence-electron chi connectivity index (χ1n) is 6.39. The predicted octanol–water partition coefficient (Wildman–Crippen LogP) is 0.994. The monoisotopic (exact) mass is 299 g/mol. The zero-order valence-corrected chi connectivity index (χ0v) is 12.5. The third kappa shape index (κ3) is 4.70. The average molecular weight is 299 g/mol. The molecule has 0 saturated heterocycles. The Morgan fingerprint density at radius 1 is 1.19 bits per heavy atom. The van der Waals surface area contributed by atoms with Crippen molar-refractivity contribution in [3.05, 3.63) is 29.8 Å². The number of halogens is 2. The van der Waals surface area contributed by atoms with Crippen LogP contribution in [-0.2, 0) is 9.59 Å². The maximum absolute atomic E-state index is 13.1. The highest BCUT2D eigenvalue weighted by Crippen LogP contribution is 2.16. The minimum atomic E-state index is -0.976. The highest BCUT2D eigenvalue weighted by molar-refractivity contribution is 5.88. The van der Waals surface area contributed by atoms with Crippen molar-refractivity contribution in [2.45, 2.75) is 13.0 Å². The van der Waals surface area contributed by atoms with E-state index in [2.05, 4.69) is 5.32 Å². The van der Waals surface area contributed by atoms with Crippen molar-refractivity contribution in [1.29, 1.82) is 0 Å². The third-order valence-corrected chi connectivity index (χ3v) is 2.91. The number of carbonyl (C=O) groups is 2. The van der Waals surface area contributed by atoms with E-state index < -0.39 is 17.7 Å². The summed E-state index contributed by atoms with van der Waals surface area (Å²) in [5.41, 5.74) is 0.371. The molecule has 0 saturated carbocycles. The summed E-state index contributed by atoms with van der Waals surface area (Å²) in [6, 6.07) is 2.74. The van der Waals surface area contributed by atoms with Gasteiger partial charge in [0.05, 0.1) is 6.54 Å². The summed E-state index contributed by atoms with van der Waals surface area (Å²) in [7, 11) is 4.77. The molecule has 0 heterocycles. The molecule has 0 fully saturated rings. The molecule has 7 heteroatoms. The predicted molar refractivity (Wildman–Crippen MR) is 75.9 cm³/mol. The maximum atomic E-state index is 13.1. The molecule has 1 aromatic rings. The molecule has 2 amide bonds. The lowest BCUT2D eigenvalue weighted by molar-refractivity contribution is -0.133. The Hall–Kier alpha value is -2.18. The molecule has 1 atom stereocenters. The number of nitrogens with one attached hydrogen (secondary N) is 1. The smallest absolute Gasteiger partial charge is 0.244 e. The van der Waals surface area contributed by atoms with Crippen molar-refractivity contribution in [2.24, 2.45) is 0 Å². The standard InChI is InChI=1S/C14H19F2N3O2/c1-9(14(21)18(2)3)17-13(20)8-19(4)10-5-6-11(15)12(16)7-10/h5-7,9H,8H2,1-4H3,(H,17,20). The summed E-state index contributed by atoms with van der Waals surface area (Å²) in [6.45, 7) is 1.51. The Morgan fingerprint density at radius 3 is 2.33 bits per heavy atom. The molecule has 1 rings (SSSR count). The van der Waals surface area contributed by atoms with Crippen LogP contribution >= 0.6 is 0 Å². The van der Waals surface area contributed by atoms with Crippen LogP contribution in [0.4, 0.5) is 14.5 Å². The molecule has 0 bridgehead atoms. The molecule has 1 aromatic carbocycles. The van der Waals surface area contributed by atoms with Gasteiger partial charge in [-0.2, -0.15) is 0 Å². The fraction of sp³-hybridized carbons (Fsp3) is 0.429. The maximum Gasteiger partial charge on any atom is 0.244 e. The number of benzene rings is 1. The van der Waals surface area contributed by atoms with E-state index in [1.165, 1.54) is 15.9 Å². The summed E-state index contributed by atoms with van der Waals surface area (Å²) in [6.07, 6.45) is 0. The van der Waals surface area contributed by atoms with E-state index in [0.29, 0.717) is 5.69 Å². The van der Waals surface area contributed by atoms with E-state index in [1.54, 1.807) is 28.1 Å². The number of rotatable bonds is 5. The van der Waals surface area contributed by atoms with Crippen LogP contribution in [0.3, 0.4) is 0 Å². The van der Waals surface area contributed by atoms with Gasteiger partial charge in [0.2, 0.25) is 11.8 Å². The molecular formula is C14H19F2N3O2. The lowest BCUT2D eigenvalue weighted by atomic mass is 10.2. The van der Waals surface area contributed by atoms with Crippen molar-refractivity contribution < 1.29 is 18.4 Å². The molecular weight excluding hydrogens is 280 g/mol. The lowest BCUT2D eigenvalue weighted by Crippen LogP contribution is -2.47. The molecule has 0 aliphatic rings. The molecule has 21 heavy (non-hydrogen) atoms. The minimum Gasteiger partial charge on any atom is -0.365 e. The highest BCUT2D eigenvalue weighted by atomic mass is 19.2. The van der Waals surface area contributed by atoms with E-state index in [9.17, 15) is 18.4 Å². The van der Waals surface area contributed by atoms with Crippen molar-refractivity contribution in [3.8, 4) is 0 Å². The lowest BCUT2D eigenvalue weighted by Gasteiger charge is -2.22. The fourth-order valence-corrected chi connectivity index (χ4v) is 1.77. The molecule has 0 aliphatic heterocycles. The zero-order valence-electron chi connectivity index (χ0n) is 12.5. The molecule has 0 aromatic heterocycles. The van der Waals surface area contributed by atoms with Crippen molar-refractivity contribution in [2.75, 3.05) is 32.6 Å². The second-order valence-electron chi connectivity index (χ2n) is 4.98. The molecule has 1 unspecified atom stereocenters. The Labute approximate surface area is 122 Å². The van der Waals surface area contributed by atoms with Crippen LogP contribution in [0, 0.1) is 11.6 Å². The van der Waals surface area contributed by atoms with E-state index >= 15 is 0 Å². The Kier molecular flexibility index (Phi) is 5.63. The molecule has 5 nitrogen and oxygen atoms in total. The van der Waals surface area contributed by atoms with Crippen LogP contribution in [0.5, 0.6) is 0 Å². The largest absolute Gasteiger partial charge is 0.365 e. The van der Waals surface area contributed by atoms with E-state index in [1.807, 2.05) is 0 Å². The Balaban J connectivity index is 2.61. The van der Waals surface area contributed by atoms with Gasteiger partial charge in [0, 0.05) is 32.9 Å². The second kappa shape index (κ2) is 7.01. The first-order valence-corrected chi connectivity index (χ1v) is 6.39. The summed E-state index contributed by atoms with van der Waals surface area (Å²) < 4.78 is 26.0. The van der Waals surface area contributed by atoms with Gasteiger partial charge in [0.1, 0.15) is 6.04 Å². The topological polar surface area (TPSA) is 52.7 Å². The summed E-state index contributed by atoms with van der Waals surface area (Å²) >= 11 is 0. The normalized spacial score (nSPS) is 11.7. The van der Waals surface area contributed by atoms with Crippen molar-refractivity contribution in [3.63, 3.8) is 0 Å². The molecule has 0 spiro atoms. The number of anilines is 1. The zero-order chi connectivity index (χ0) is 16.2. The highest BCUT2D eigenvalue weighted by Gasteiger charge is 2.18. The molecule has 1 N–H and O–H groups in total. The van der Waals surface area contributed by atoms with E-state index in [0.717, 1.165) is 12.1 Å². The van der Waals surface area contributed by atoms with Gasteiger partial charge < -0.3 is 15.1 Å². The van der Waals surface area contributed by atoms with Gasteiger partial charge in [-0.25, -0.2) is 8.78 Å². The van der Waals surface area contributed by atoms with Gasteiger partial charge in [-0.3, -0.25) is 9.59 Å². The molecule has 116 valence electrons. The van der Waals surface area contributed by atoms with Gasteiger partial charge in [0.25, 0.3) is 0 Å². The van der Waals surface area contributed by atoms with Crippen LogP contribution < -0.4 is 10.2 Å². The first-order chi connectivity index (χ1) is 9.72. The van der Waals surface area contributed by atoms with Crippen LogP contribution in [0.15, 0.2) is 18.2 Å². The molecule has 0 radical (unpaired) electrons. The van der Waals surface area contributed by atoms with Crippen molar-refractivity contribution in [1.82, 2.24) is 10.2 Å². The number of amides is 2. The number of hydrogen-bond donors (Lipinski definition) is 1. The van der Waals surface area contributed by atoms with E-state index in [4.69, 9.17) is 0 Å². The van der Waals surface area contributed by atoms with Crippen LogP contribution in [-0.4, -0.2) is 50.4 Å². The minimum absolute atomic E-state index is 0.0733. The number of hydrogen-bond acceptors (Lipinski definition) is 3. The quantitative estimate of drug-likeness (QED) is 0.882. The second-order valence-corrected chi connectivity index (χ2v) is 4.98. The molecule has 0 aliphatic carbocycles. The van der Waals surface area contributed by atoms with Gasteiger partial charge in [0.15, 0.2) is 11.6 Å². The summed E-state index contributed by atoms with van der Waals surface area (Å²) in [5, 5.41) is 2.55. The Morgan fingerprint density at radius 2 is 1.81 bits per heavy atom. The first kappa shape index (κ1) is 16.9. The summed E-state index contributed by atoms with van der Waals surface area (Å²) in [4.78, 5) is 26.3. The number of likely N-dealkylation sites (N-methyl/N-ethyl adjacent to an activating group) is 2. The Bertz CT molecular complexity index is 535. The SMILES string of the molecule is CC(NC(=O)CN(C)c1ccc(F)c(F)c1)C(=O)N(C)C. The van der Waals surface area contributed by atoms with Gasteiger partial charge in [-0.15, -0.1) is 0 Å². The average Bonchev–Trinajstić information content (AvgIpc) is 2.40. The van der Waals surface area contributed by atoms with Gasteiger partial charge in [-0.05, 0) is 19.1 Å².